The summed E-state index contributed by atoms with van der Waals surface area (Å²) in [6.07, 6.45) is 0. The van der Waals surface area contributed by atoms with Crippen molar-refractivity contribution in [1.29, 1.82) is 0 Å². The van der Waals surface area contributed by atoms with E-state index < -0.39 is 0 Å². The number of nitrogens with zero attached hydrogens (tertiary/aromatic N) is 2. The molecule has 0 heterocycles. The normalized spacial score (nSPS) is 10.9. The second-order valence-electron chi connectivity index (χ2n) is 3.53. The summed E-state index contributed by atoms with van der Waals surface area (Å²) in [5.41, 5.74) is 2.80. The lowest BCUT2D eigenvalue weighted by Gasteiger charge is -1.99. The Hall–Kier alpha value is -1.61. The Morgan fingerprint density at radius 2 is 1.69 bits per heavy atom. The number of rotatable bonds is 2. The summed E-state index contributed by atoms with van der Waals surface area (Å²) in [4.78, 5) is 0.838. The molecule has 80 valence electrons. The van der Waals surface area contributed by atoms with Crippen molar-refractivity contribution in [3.8, 4) is 0 Å². The second-order valence-corrected chi connectivity index (χ2v) is 4.01. The van der Waals surface area contributed by atoms with Crippen molar-refractivity contribution in [2.24, 2.45) is 10.2 Å². The van der Waals surface area contributed by atoms with Gasteiger partial charge in [0, 0.05) is 4.90 Å². The molecule has 0 aromatic heterocycles. The molecule has 2 nitrogen and oxygen atoms in total. The summed E-state index contributed by atoms with van der Waals surface area (Å²) < 4.78 is 0. The quantitative estimate of drug-likeness (QED) is 0.569. The number of aryl methyl sites for hydroxylation is 1. The van der Waals surface area contributed by atoms with E-state index in [2.05, 4.69) is 22.9 Å². The Morgan fingerprint density at radius 1 is 0.938 bits per heavy atom. The van der Waals surface area contributed by atoms with Gasteiger partial charge in [-0.25, -0.2) is 0 Å². The first-order valence-corrected chi connectivity index (χ1v) is 5.47. The molecule has 3 heteroatoms. The summed E-state index contributed by atoms with van der Waals surface area (Å²) in [5.74, 6) is 0. The predicted molar refractivity (Wildman–Crippen MR) is 69.0 cm³/mol. The minimum absolute atomic E-state index is 0.798. The Bertz CT molecular complexity index is 507. The molecule has 0 unspecified atom stereocenters. The fourth-order valence-corrected chi connectivity index (χ4v) is 1.50. The molecule has 0 radical (unpaired) electrons. The van der Waals surface area contributed by atoms with Crippen molar-refractivity contribution in [1.82, 2.24) is 0 Å². The van der Waals surface area contributed by atoms with Gasteiger partial charge in [-0.3, -0.25) is 0 Å². The van der Waals surface area contributed by atoms with Gasteiger partial charge in [-0.1, -0.05) is 24.3 Å². The van der Waals surface area contributed by atoms with E-state index in [0.717, 1.165) is 21.8 Å². The molecule has 0 aliphatic rings. The molecule has 0 saturated carbocycles. The third-order valence-corrected chi connectivity index (χ3v) is 2.54. The number of benzene rings is 2. The zero-order valence-corrected chi connectivity index (χ0v) is 9.85. The molecule has 0 saturated heterocycles. The first-order chi connectivity index (χ1) is 7.75. The van der Waals surface area contributed by atoms with Crippen molar-refractivity contribution >= 4 is 24.0 Å². The van der Waals surface area contributed by atoms with Crippen molar-refractivity contribution in [3.05, 3.63) is 54.1 Å². The third-order valence-electron chi connectivity index (χ3n) is 2.16. The van der Waals surface area contributed by atoms with E-state index >= 15 is 0 Å². The van der Waals surface area contributed by atoms with Crippen molar-refractivity contribution in [2.75, 3.05) is 0 Å². The SMILES string of the molecule is Cc1ccc(S)c(N=Nc2ccccc2)c1. The number of thiol groups is 1. The fraction of sp³-hybridized carbons (Fsp3) is 0.0769. The molecule has 0 bridgehead atoms. The van der Waals surface area contributed by atoms with Gasteiger partial charge in [-0.15, -0.1) is 17.7 Å². The topological polar surface area (TPSA) is 24.7 Å². The first kappa shape index (κ1) is 10.9. The Kier molecular flexibility index (Phi) is 3.37. The minimum atomic E-state index is 0.798. The van der Waals surface area contributed by atoms with Crippen LogP contribution in [0.4, 0.5) is 11.4 Å². The Morgan fingerprint density at radius 3 is 2.44 bits per heavy atom. The van der Waals surface area contributed by atoms with E-state index in [1.54, 1.807) is 0 Å². The van der Waals surface area contributed by atoms with Crippen LogP contribution in [0, 0.1) is 6.92 Å². The lowest BCUT2D eigenvalue weighted by molar-refractivity contribution is 1.19. The van der Waals surface area contributed by atoms with Crippen LogP contribution in [-0.4, -0.2) is 0 Å². The number of hydrogen-bond donors (Lipinski definition) is 1. The van der Waals surface area contributed by atoms with Crippen LogP contribution in [0.1, 0.15) is 5.56 Å². The molecule has 0 aliphatic heterocycles. The maximum absolute atomic E-state index is 4.34. The van der Waals surface area contributed by atoms with E-state index in [1.807, 2.05) is 55.5 Å². The summed E-state index contributed by atoms with van der Waals surface area (Å²) >= 11 is 4.34. The lowest BCUT2D eigenvalue weighted by Crippen LogP contribution is -1.73. The highest BCUT2D eigenvalue weighted by Gasteiger charge is 1.97. The second kappa shape index (κ2) is 4.94. The van der Waals surface area contributed by atoms with E-state index in [-0.39, 0.29) is 0 Å². The Labute approximate surface area is 100 Å². The molecule has 2 aromatic rings. The molecular weight excluding hydrogens is 216 g/mol. The van der Waals surface area contributed by atoms with Crippen molar-refractivity contribution in [3.63, 3.8) is 0 Å². The van der Waals surface area contributed by atoms with Gasteiger partial charge >= 0.3 is 0 Å². The summed E-state index contributed by atoms with van der Waals surface area (Å²) in [5, 5.41) is 8.34. The van der Waals surface area contributed by atoms with E-state index in [0.29, 0.717) is 0 Å². The molecule has 0 fully saturated rings. The molecule has 16 heavy (non-hydrogen) atoms. The van der Waals surface area contributed by atoms with E-state index in [1.165, 1.54) is 0 Å². The third kappa shape index (κ3) is 2.70. The maximum atomic E-state index is 4.34. The molecule has 0 atom stereocenters. The molecule has 2 rings (SSSR count). The lowest BCUT2D eigenvalue weighted by atomic mass is 10.2. The average Bonchev–Trinajstić information content (AvgIpc) is 2.32. The smallest absolute Gasteiger partial charge is 0.0992 e. The van der Waals surface area contributed by atoms with E-state index in [9.17, 15) is 0 Å². The van der Waals surface area contributed by atoms with Gasteiger partial charge in [0.1, 0.15) is 0 Å². The van der Waals surface area contributed by atoms with Crippen LogP contribution < -0.4 is 0 Å². The number of hydrogen-bond acceptors (Lipinski definition) is 3. The highest BCUT2D eigenvalue weighted by molar-refractivity contribution is 7.80. The molecule has 2 aromatic carbocycles. The first-order valence-electron chi connectivity index (χ1n) is 5.02. The van der Waals surface area contributed by atoms with Gasteiger partial charge in [0.05, 0.1) is 11.4 Å². The number of azo groups is 1. The summed E-state index contributed by atoms with van der Waals surface area (Å²) in [6.45, 7) is 2.02. The van der Waals surface area contributed by atoms with Gasteiger partial charge in [0.15, 0.2) is 0 Å². The van der Waals surface area contributed by atoms with Gasteiger partial charge in [-0.2, -0.15) is 5.11 Å². The highest BCUT2D eigenvalue weighted by Crippen LogP contribution is 2.26. The van der Waals surface area contributed by atoms with Gasteiger partial charge in [-0.05, 0) is 36.8 Å². The van der Waals surface area contributed by atoms with Crippen LogP contribution >= 0.6 is 12.6 Å². The van der Waals surface area contributed by atoms with Crippen molar-refractivity contribution < 1.29 is 0 Å². The van der Waals surface area contributed by atoms with Crippen LogP contribution in [0.5, 0.6) is 0 Å². The van der Waals surface area contributed by atoms with Crippen LogP contribution in [0.15, 0.2) is 63.7 Å². The summed E-state index contributed by atoms with van der Waals surface area (Å²) in [6, 6.07) is 15.6. The predicted octanol–water partition coefficient (Wildman–Crippen LogP) is 4.70. The highest BCUT2D eigenvalue weighted by atomic mass is 32.1. The molecule has 0 aliphatic carbocycles. The largest absolute Gasteiger partial charge is 0.151 e. The van der Waals surface area contributed by atoms with Crippen molar-refractivity contribution in [2.45, 2.75) is 11.8 Å². The van der Waals surface area contributed by atoms with Crippen LogP contribution in [0.2, 0.25) is 0 Å². The fourth-order valence-electron chi connectivity index (χ4n) is 1.32. The molecular formula is C13H12N2S. The zero-order chi connectivity index (χ0) is 11.4. The molecule has 0 spiro atoms. The maximum Gasteiger partial charge on any atom is 0.0992 e. The minimum Gasteiger partial charge on any atom is -0.151 e. The Balaban J connectivity index is 2.27. The molecule has 0 amide bonds. The average molecular weight is 228 g/mol. The van der Waals surface area contributed by atoms with Gasteiger partial charge in [0.2, 0.25) is 0 Å². The van der Waals surface area contributed by atoms with Gasteiger partial charge < -0.3 is 0 Å². The standard InChI is InChI=1S/C13H12N2S/c1-10-7-8-13(16)12(9-10)15-14-11-5-3-2-4-6-11/h2-9,16H,1H3. The van der Waals surface area contributed by atoms with Crippen LogP contribution in [0.3, 0.4) is 0 Å². The zero-order valence-electron chi connectivity index (χ0n) is 8.96. The molecule has 0 N–H and O–H groups in total. The van der Waals surface area contributed by atoms with Gasteiger partial charge in [0.25, 0.3) is 0 Å². The monoisotopic (exact) mass is 228 g/mol. The van der Waals surface area contributed by atoms with Crippen LogP contribution in [0.25, 0.3) is 0 Å². The van der Waals surface area contributed by atoms with E-state index in [4.69, 9.17) is 0 Å². The summed E-state index contributed by atoms with van der Waals surface area (Å²) in [7, 11) is 0. The van der Waals surface area contributed by atoms with Crippen LogP contribution in [-0.2, 0) is 0 Å².